The molecule has 1 aromatic heterocycles. The fourth-order valence-corrected chi connectivity index (χ4v) is 4.78. The molecule has 0 saturated carbocycles. The molecule has 2 heterocycles. The maximum Gasteiger partial charge on any atom is 0.228 e. The lowest BCUT2D eigenvalue weighted by Crippen LogP contribution is -2.25. The lowest BCUT2D eigenvalue weighted by Gasteiger charge is -2.18. The van der Waals surface area contributed by atoms with Crippen LogP contribution in [-0.4, -0.2) is 27.8 Å². The quantitative estimate of drug-likeness (QED) is 0.812. The molecule has 0 N–H and O–H groups in total. The first-order chi connectivity index (χ1) is 9.56. The predicted molar refractivity (Wildman–Crippen MR) is 86.4 cm³/mol. The summed E-state index contributed by atoms with van der Waals surface area (Å²) in [6, 6.07) is 3.83. The monoisotopic (exact) mass is 370 g/mol. The van der Waals surface area contributed by atoms with Crippen LogP contribution in [-0.2, 0) is 9.59 Å². The summed E-state index contributed by atoms with van der Waals surface area (Å²) in [6.45, 7) is 2.11. The van der Waals surface area contributed by atoms with Crippen molar-refractivity contribution in [3.63, 3.8) is 0 Å². The van der Waals surface area contributed by atoms with Crippen molar-refractivity contribution in [2.24, 2.45) is 0 Å². The van der Waals surface area contributed by atoms with Crippen molar-refractivity contribution in [3.05, 3.63) is 22.1 Å². The van der Waals surface area contributed by atoms with E-state index in [1.165, 1.54) is 18.7 Å². The van der Waals surface area contributed by atoms with E-state index in [1.807, 2.05) is 12.1 Å². The fourth-order valence-electron chi connectivity index (χ4n) is 2.31. The van der Waals surface area contributed by atoms with E-state index in [2.05, 4.69) is 20.9 Å². The summed E-state index contributed by atoms with van der Waals surface area (Å²) in [6.07, 6.45) is 0.414. The van der Waals surface area contributed by atoms with Crippen LogP contribution < -0.4 is 4.90 Å². The number of anilines is 1. The first-order valence-corrected chi connectivity index (χ1v) is 8.61. The number of nitrogens with zero attached hydrogens (tertiary/aromatic N) is 2. The molecule has 0 bridgehead atoms. The van der Waals surface area contributed by atoms with Gasteiger partial charge in [-0.25, -0.2) is 4.98 Å². The van der Waals surface area contributed by atoms with Crippen LogP contribution in [0.5, 0.6) is 0 Å². The summed E-state index contributed by atoms with van der Waals surface area (Å²) >= 11 is 6.37. The van der Waals surface area contributed by atoms with Crippen LogP contribution in [0, 0.1) is 0 Å². The summed E-state index contributed by atoms with van der Waals surface area (Å²) in [5.74, 6) is 0.0633. The Kier molecular flexibility index (Phi) is 3.83. The second kappa shape index (κ2) is 5.46. The topological polar surface area (TPSA) is 50.3 Å². The number of thioether (sulfide) groups is 1. The van der Waals surface area contributed by atoms with Crippen molar-refractivity contribution in [2.75, 3.05) is 11.4 Å². The van der Waals surface area contributed by atoms with Gasteiger partial charge in [-0.2, -0.15) is 0 Å². The number of carbonyl (C=O) groups excluding carboxylic acids is 2. The highest BCUT2D eigenvalue weighted by atomic mass is 79.9. The molecule has 104 valence electrons. The summed E-state index contributed by atoms with van der Waals surface area (Å²) in [5, 5.41) is 0.102. The van der Waals surface area contributed by atoms with Gasteiger partial charge in [0.15, 0.2) is 5.12 Å². The second-order valence-corrected chi connectivity index (χ2v) is 7.66. The average Bonchev–Trinajstić information content (AvgIpc) is 2.96. The van der Waals surface area contributed by atoms with Crippen LogP contribution in [0.1, 0.15) is 13.3 Å². The number of hydrogen-bond acceptors (Lipinski definition) is 5. The Labute approximate surface area is 132 Å². The molecule has 0 aliphatic carbocycles. The number of aromatic nitrogens is 1. The molecule has 1 atom stereocenters. The second-order valence-electron chi connectivity index (χ2n) is 4.54. The molecule has 3 rings (SSSR count). The Morgan fingerprint density at radius 3 is 3.10 bits per heavy atom. The van der Waals surface area contributed by atoms with Crippen LogP contribution in [0.25, 0.3) is 10.2 Å². The molecule has 20 heavy (non-hydrogen) atoms. The van der Waals surface area contributed by atoms with Gasteiger partial charge in [0, 0.05) is 25.1 Å². The van der Waals surface area contributed by atoms with E-state index in [0.29, 0.717) is 13.0 Å². The first kappa shape index (κ1) is 14.0. The van der Waals surface area contributed by atoms with E-state index in [1.54, 1.807) is 21.7 Å². The van der Waals surface area contributed by atoms with Gasteiger partial charge in [0.05, 0.1) is 25.9 Å². The molecule has 1 saturated heterocycles. The minimum absolute atomic E-state index is 0.0454. The van der Waals surface area contributed by atoms with Crippen molar-refractivity contribution in [2.45, 2.75) is 18.6 Å². The highest BCUT2D eigenvalue weighted by Crippen LogP contribution is 2.38. The van der Waals surface area contributed by atoms with Gasteiger partial charge >= 0.3 is 0 Å². The van der Waals surface area contributed by atoms with E-state index in [9.17, 15) is 9.59 Å². The number of hydrogen-bond donors (Lipinski definition) is 0. The van der Waals surface area contributed by atoms with Crippen molar-refractivity contribution >= 4 is 66.0 Å². The third kappa shape index (κ3) is 2.49. The third-order valence-corrected chi connectivity index (χ3v) is 6.04. The zero-order valence-electron chi connectivity index (χ0n) is 10.6. The van der Waals surface area contributed by atoms with Crippen molar-refractivity contribution in [3.8, 4) is 0 Å². The molecular formula is C13H11BrN2O2S2. The number of rotatable bonds is 2. The minimum atomic E-state index is 0.0454. The Morgan fingerprint density at radius 1 is 1.55 bits per heavy atom. The van der Waals surface area contributed by atoms with Gasteiger partial charge in [-0.15, -0.1) is 11.3 Å². The van der Waals surface area contributed by atoms with Crippen LogP contribution in [0.15, 0.2) is 22.1 Å². The SMILES string of the molecule is CC(=O)SC1CC(=O)N(c2ccc3ncsc3c2Br)C1. The number of benzene rings is 1. The Hall–Kier alpha value is -0.920. The summed E-state index contributed by atoms with van der Waals surface area (Å²) in [5.41, 5.74) is 3.57. The lowest BCUT2D eigenvalue weighted by molar-refractivity contribution is -0.117. The minimum Gasteiger partial charge on any atom is -0.310 e. The van der Waals surface area contributed by atoms with E-state index in [0.717, 1.165) is 20.4 Å². The molecule has 1 aliphatic heterocycles. The number of halogens is 1. The van der Waals surface area contributed by atoms with Gasteiger partial charge in [-0.3, -0.25) is 9.59 Å². The maximum absolute atomic E-state index is 12.2. The van der Waals surface area contributed by atoms with E-state index in [-0.39, 0.29) is 16.3 Å². The molecule has 4 nitrogen and oxygen atoms in total. The van der Waals surface area contributed by atoms with Gasteiger partial charge in [0.1, 0.15) is 0 Å². The fraction of sp³-hybridized carbons (Fsp3) is 0.308. The smallest absolute Gasteiger partial charge is 0.228 e. The summed E-state index contributed by atoms with van der Waals surface area (Å²) < 4.78 is 1.94. The molecule has 1 aliphatic rings. The van der Waals surface area contributed by atoms with Crippen LogP contribution in [0.3, 0.4) is 0 Å². The van der Waals surface area contributed by atoms with Gasteiger partial charge in [-0.05, 0) is 28.1 Å². The first-order valence-electron chi connectivity index (χ1n) is 6.05. The van der Waals surface area contributed by atoms with Gasteiger partial charge < -0.3 is 4.90 Å². The van der Waals surface area contributed by atoms with Crippen LogP contribution in [0.2, 0.25) is 0 Å². The Balaban J connectivity index is 1.93. The third-order valence-electron chi connectivity index (χ3n) is 3.13. The average molecular weight is 371 g/mol. The molecule has 1 aromatic carbocycles. The summed E-state index contributed by atoms with van der Waals surface area (Å²) in [7, 11) is 0. The number of amides is 1. The molecule has 7 heteroatoms. The van der Waals surface area contributed by atoms with Crippen LogP contribution >= 0.6 is 39.0 Å². The van der Waals surface area contributed by atoms with Crippen molar-refractivity contribution in [1.29, 1.82) is 0 Å². The molecule has 1 unspecified atom stereocenters. The van der Waals surface area contributed by atoms with E-state index < -0.39 is 0 Å². The summed E-state index contributed by atoms with van der Waals surface area (Å²) in [4.78, 5) is 29.3. The van der Waals surface area contributed by atoms with E-state index in [4.69, 9.17) is 0 Å². The Morgan fingerprint density at radius 2 is 2.35 bits per heavy atom. The van der Waals surface area contributed by atoms with Gasteiger partial charge in [0.25, 0.3) is 0 Å². The molecule has 0 radical (unpaired) electrons. The highest BCUT2D eigenvalue weighted by Gasteiger charge is 2.33. The lowest BCUT2D eigenvalue weighted by atomic mass is 10.3. The molecule has 1 amide bonds. The zero-order chi connectivity index (χ0) is 14.3. The maximum atomic E-state index is 12.2. The van der Waals surface area contributed by atoms with Crippen LogP contribution in [0.4, 0.5) is 5.69 Å². The molecular weight excluding hydrogens is 360 g/mol. The van der Waals surface area contributed by atoms with Gasteiger partial charge in [0.2, 0.25) is 5.91 Å². The number of carbonyl (C=O) groups is 2. The predicted octanol–water partition coefficient (Wildman–Crippen LogP) is 3.44. The standard InChI is InChI=1S/C13H11BrN2O2S2/c1-7(17)20-8-4-11(18)16(5-8)10-3-2-9-13(12(10)14)19-6-15-9/h2-3,6,8H,4-5H2,1H3. The molecule has 0 spiro atoms. The normalized spacial score (nSPS) is 19.0. The van der Waals surface area contributed by atoms with E-state index >= 15 is 0 Å². The molecule has 1 fully saturated rings. The number of fused-ring (bicyclic) bond motifs is 1. The van der Waals surface area contributed by atoms with Crippen molar-refractivity contribution in [1.82, 2.24) is 4.98 Å². The highest BCUT2D eigenvalue weighted by molar-refractivity contribution is 9.10. The van der Waals surface area contributed by atoms with Gasteiger partial charge in [-0.1, -0.05) is 11.8 Å². The number of thiazole rings is 1. The molecule has 2 aromatic rings. The zero-order valence-corrected chi connectivity index (χ0v) is 13.8. The van der Waals surface area contributed by atoms with Crippen molar-refractivity contribution < 1.29 is 9.59 Å². The Bertz CT molecular complexity index is 701. The largest absolute Gasteiger partial charge is 0.310 e.